The van der Waals surface area contributed by atoms with Gasteiger partial charge < -0.3 is 4.74 Å². The van der Waals surface area contributed by atoms with Gasteiger partial charge in [0.2, 0.25) is 0 Å². The first-order valence-electron chi connectivity index (χ1n) is 8.75. The highest BCUT2D eigenvalue weighted by atomic mass is 32.2. The zero-order valence-corrected chi connectivity index (χ0v) is 16.2. The van der Waals surface area contributed by atoms with E-state index in [9.17, 15) is 4.21 Å². The van der Waals surface area contributed by atoms with Crippen LogP contribution < -0.4 is 0 Å². The van der Waals surface area contributed by atoms with Crippen molar-refractivity contribution in [3.8, 4) is 0 Å². The van der Waals surface area contributed by atoms with E-state index in [0.29, 0.717) is 23.5 Å². The first-order valence-corrected chi connectivity index (χ1v) is 10.8. The van der Waals surface area contributed by atoms with Gasteiger partial charge in [-0.05, 0) is 33.6 Å². The number of rotatable bonds is 8. The highest BCUT2D eigenvalue weighted by molar-refractivity contribution is 8.00. The Hall–Kier alpha value is -0.920. The second-order valence-corrected chi connectivity index (χ2v) is 10.6. The van der Waals surface area contributed by atoms with Gasteiger partial charge in [-0.15, -0.1) is 5.10 Å². The Labute approximate surface area is 146 Å². The molecule has 1 fully saturated rings. The standard InChI is InChI=1S/C17H32N4O2S/c1-17(2,3)6-5-10-23-11-7-21-15-16(18-19-21)14-20-8-12-24(4,22)13-9-20/h15H,4-14H2,1-3H3. The molecule has 0 saturated carbocycles. The fourth-order valence-electron chi connectivity index (χ4n) is 2.68. The quantitative estimate of drug-likeness (QED) is 0.524. The largest absolute Gasteiger partial charge is 0.380 e. The van der Waals surface area contributed by atoms with Crippen molar-refractivity contribution in [1.29, 1.82) is 0 Å². The number of aromatic nitrogens is 3. The van der Waals surface area contributed by atoms with Crippen molar-refractivity contribution < 1.29 is 8.95 Å². The third-order valence-corrected chi connectivity index (χ3v) is 6.06. The van der Waals surface area contributed by atoms with Gasteiger partial charge in [0.1, 0.15) is 0 Å². The van der Waals surface area contributed by atoms with E-state index in [1.807, 2.05) is 10.9 Å². The van der Waals surface area contributed by atoms with Gasteiger partial charge in [-0.2, -0.15) is 0 Å². The van der Waals surface area contributed by atoms with Crippen LogP contribution in [-0.2, 0) is 27.3 Å². The number of hydrogen-bond acceptors (Lipinski definition) is 5. The predicted molar refractivity (Wildman–Crippen MR) is 99.8 cm³/mol. The van der Waals surface area contributed by atoms with Crippen LogP contribution in [0.15, 0.2) is 6.20 Å². The molecule has 0 amide bonds. The summed E-state index contributed by atoms with van der Waals surface area (Å²) in [5.74, 6) is 5.17. The van der Waals surface area contributed by atoms with Gasteiger partial charge in [0.25, 0.3) is 0 Å². The molecule has 2 rings (SSSR count). The Kier molecular flexibility index (Phi) is 6.83. The molecule has 0 atom stereocenters. The van der Waals surface area contributed by atoms with E-state index in [2.05, 4.69) is 41.9 Å². The number of nitrogens with zero attached hydrogens (tertiary/aromatic N) is 4. The highest BCUT2D eigenvalue weighted by Gasteiger charge is 2.18. The van der Waals surface area contributed by atoms with E-state index < -0.39 is 9.52 Å². The molecule has 1 aliphatic rings. The van der Waals surface area contributed by atoms with Crippen molar-refractivity contribution in [2.45, 2.75) is 46.7 Å². The van der Waals surface area contributed by atoms with Gasteiger partial charge in [-0.25, -0.2) is 4.68 Å². The summed E-state index contributed by atoms with van der Waals surface area (Å²) in [6.45, 7) is 11.4. The van der Waals surface area contributed by atoms with Crippen molar-refractivity contribution in [2.75, 3.05) is 37.8 Å². The third-order valence-electron chi connectivity index (χ3n) is 4.21. The van der Waals surface area contributed by atoms with Crippen molar-refractivity contribution >= 4 is 15.4 Å². The molecule has 0 bridgehead atoms. The summed E-state index contributed by atoms with van der Waals surface area (Å²) in [6.07, 6.45) is 4.25. The molecule has 6 nitrogen and oxygen atoms in total. The number of ether oxygens (including phenoxy) is 1. The van der Waals surface area contributed by atoms with Gasteiger partial charge in [0.15, 0.2) is 0 Å². The van der Waals surface area contributed by atoms with Crippen molar-refractivity contribution in [3.63, 3.8) is 0 Å². The van der Waals surface area contributed by atoms with Gasteiger partial charge in [0.05, 0.1) is 18.8 Å². The topological polar surface area (TPSA) is 60.2 Å². The second-order valence-electron chi connectivity index (χ2n) is 7.90. The molecule has 0 aromatic carbocycles. The lowest BCUT2D eigenvalue weighted by atomic mass is 9.91. The average Bonchev–Trinajstić information content (AvgIpc) is 2.91. The zero-order valence-electron chi connectivity index (χ0n) is 15.4. The summed E-state index contributed by atoms with van der Waals surface area (Å²) in [4.78, 5) is 2.27. The zero-order chi connectivity index (χ0) is 17.6. The van der Waals surface area contributed by atoms with Gasteiger partial charge in [-0.1, -0.05) is 26.0 Å². The Morgan fingerprint density at radius 1 is 1.29 bits per heavy atom. The van der Waals surface area contributed by atoms with Crippen LogP contribution in [0.25, 0.3) is 0 Å². The molecule has 1 aromatic rings. The molecule has 2 heterocycles. The normalized spacial score (nSPS) is 18.8. The van der Waals surface area contributed by atoms with E-state index in [4.69, 9.17) is 4.74 Å². The number of hydrogen-bond donors (Lipinski definition) is 0. The van der Waals surface area contributed by atoms with Crippen molar-refractivity contribution in [1.82, 2.24) is 19.9 Å². The van der Waals surface area contributed by atoms with E-state index in [0.717, 1.165) is 44.9 Å². The lowest BCUT2D eigenvalue weighted by Crippen LogP contribution is -2.39. The van der Waals surface area contributed by atoms with Crippen LogP contribution in [0.4, 0.5) is 0 Å². The Bertz CT molecular complexity index is 590. The SMILES string of the molecule is C=S1(=O)CCN(Cc2cn(CCOCCCC(C)(C)C)nn2)CC1. The Balaban J connectivity index is 1.63. The van der Waals surface area contributed by atoms with Crippen LogP contribution in [0.1, 0.15) is 39.3 Å². The Morgan fingerprint density at radius 3 is 2.67 bits per heavy atom. The van der Waals surface area contributed by atoms with Gasteiger partial charge in [-0.3, -0.25) is 9.11 Å². The van der Waals surface area contributed by atoms with E-state index in [1.54, 1.807) is 0 Å². The van der Waals surface area contributed by atoms with Crippen LogP contribution >= 0.6 is 0 Å². The lowest BCUT2D eigenvalue weighted by molar-refractivity contribution is 0.113. The molecule has 138 valence electrons. The molecular weight excluding hydrogens is 324 g/mol. The predicted octanol–water partition coefficient (Wildman–Crippen LogP) is 1.65. The summed E-state index contributed by atoms with van der Waals surface area (Å²) in [6, 6.07) is 0. The Morgan fingerprint density at radius 2 is 2.00 bits per heavy atom. The van der Waals surface area contributed by atoms with Gasteiger partial charge in [0, 0.05) is 43.9 Å². The summed E-state index contributed by atoms with van der Waals surface area (Å²) in [5, 5.41) is 8.38. The fourth-order valence-corrected chi connectivity index (χ4v) is 4.06. The average molecular weight is 357 g/mol. The first-order chi connectivity index (χ1) is 11.2. The molecule has 7 heteroatoms. The van der Waals surface area contributed by atoms with E-state index in [-0.39, 0.29) is 0 Å². The van der Waals surface area contributed by atoms with Crippen LogP contribution in [0.2, 0.25) is 0 Å². The summed E-state index contributed by atoms with van der Waals surface area (Å²) >= 11 is 0. The summed E-state index contributed by atoms with van der Waals surface area (Å²) in [5.41, 5.74) is 1.33. The molecule has 0 N–H and O–H groups in total. The molecule has 1 saturated heterocycles. The third kappa shape index (κ3) is 7.32. The monoisotopic (exact) mass is 356 g/mol. The van der Waals surface area contributed by atoms with Gasteiger partial charge >= 0.3 is 0 Å². The molecule has 1 aliphatic heterocycles. The maximum atomic E-state index is 11.9. The molecule has 0 spiro atoms. The minimum Gasteiger partial charge on any atom is -0.380 e. The minimum atomic E-state index is -1.83. The highest BCUT2D eigenvalue weighted by Crippen LogP contribution is 2.20. The molecule has 0 radical (unpaired) electrons. The molecule has 0 unspecified atom stereocenters. The molecular formula is C17H32N4O2S. The minimum absolute atomic E-state index is 0.375. The van der Waals surface area contributed by atoms with Crippen LogP contribution in [0.5, 0.6) is 0 Å². The fraction of sp³-hybridized carbons (Fsp3) is 0.824. The lowest BCUT2D eigenvalue weighted by Gasteiger charge is -2.27. The van der Waals surface area contributed by atoms with Crippen LogP contribution in [0, 0.1) is 5.41 Å². The van der Waals surface area contributed by atoms with Crippen LogP contribution in [0.3, 0.4) is 0 Å². The smallest absolute Gasteiger partial charge is 0.0967 e. The summed E-state index contributed by atoms with van der Waals surface area (Å²) in [7, 11) is -1.83. The van der Waals surface area contributed by atoms with Crippen LogP contribution in [-0.4, -0.2) is 67.8 Å². The van der Waals surface area contributed by atoms with E-state index >= 15 is 0 Å². The summed E-state index contributed by atoms with van der Waals surface area (Å²) < 4.78 is 19.4. The van der Waals surface area contributed by atoms with E-state index in [1.165, 1.54) is 6.42 Å². The second kappa shape index (κ2) is 8.45. The van der Waals surface area contributed by atoms with Crippen molar-refractivity contribution in [3.05, 3.63) is 11.9 Å². The first kappa shape index (κ1) is 19.4. The maximum absolute atomic E-state index is 11.9. The molecule has 1 aromatic heterocycles. The molecule has 0 aliphatic carbocycles. The molecule has 24 heavy (non-hydrogen) atoms. The van der Waals surface area contributed by atoms with Crippen molar-refractivity contribution in [2.24, 2.45) is 5.41 Å². The maximum Gasteiger partial charge on any atom is 0.0967 e.